The van der Waals surface area contributed by atoms with E-state index in [2.05, 4.69) is 20.4 Å². The Kier molecular flexibility index (Phi) is 7.71. The molecule has 2 saturated heterocycles. The molecule has 3 aliphatic rings. The van der Waals surface area contributed by atoms with Crippen LogP contribution in [0.3, 0.4) is 0 Å². The molecule has 5 rings (SSSR count). The summed E-state index contributed by atoms with van der Waals surface area (Å²) < 4.78 is 10.7. The van der Waals surface area contributed by atoms with Gasteiger partial charge in [-0.2, -0.15) is 4.98 Å². The zero-order valence-corrected chi connectivity index (χ0v) is 20.8. The molecule has 1 aromatic heterocycles. The smallest absolute Gasteiger partial charge is 0.324 e. The number of anilines is 1. The van der Waals surface area contributed by atoms with Gasteiger partial charge in [0.2, 0.25) is 5.82 Å². The average Bonchev–Trinajstić information content (AvgIpc) is 3.58. The predicted molar refractivity (Wildman–Crippen MR) is 135 cm³/mol. The second-order valence-electron chi connectivity index (χ2n) is 10.2. The largest absolute Gasteiger partial charge is 0.497 e. The number of hydrogen-bond donors (Lipinski definition) is 1. The number of urea groups is 1. The van der Waals surface area contributed by atoms with E-state index < -0.39 is 0 Å². The van der Waals surface area contributed by atoms with Gasteiger partial charge < -0.3 is 29.3 Å². The molecule has 2 amide bonds. The number of benzene rings is 1. The van der Waals surface area contributed by atoms with Crippen molar-refractivity contribution in [2.45, 2.75) is 38.5 Å². The molecule has 35 heavy (non-hydrogen) atoms. The van der Waals surface area contributed by atoms with Crippen LogP contribution in [0.25, 0.3) is 11.4 Å². The number of likely N-dealkylation sites (tertiary alicyclic amines) is 1. The summed E-state index contributed by atoms with van der Waals surface area (Å²) in [5.41, 5.74) is 0.878. The minimum Gasteiger partial charge on any atom is -0.497 e. The van der Waals surface area contributed by atoms with Gasteiger partial charge in [-0.05, 0) is 61.9 Å². The summed E-state index contributed by atoms with van der Waals surface area (Å²) in [6, 6.07) is 8.12. The van der Waals surface area contributed by atoms with Gasteiger partial charge in [-0.3, -0.25) is 0 Å². The molecule has 1 atom stereocenters. The highest BCUT2D eigenvalue weighted by atomic mass is 16.5. The van der Waals surface area contributed by atoms with Crippen molar-refractivity contribution < 1.29 is 14.1 Å². The molecule has 9 nitrogen and oxygen atoms in total. The van der Waals surface area contributed by atoms with E-state index in [9.17, 15) is 4.79 Å². The van der Waals surface area contributed by atoms with Gasteiger partial charge in [0.15, 0.2) is 0 Å². The monoisotopic (exact) mass is 482 g/mol. The number of methoxy groups -OCH3 is 1. The maximum Gasteiger partial charge on any atom is 0.324 e. The van der Waals surface area contributed by atoms with Crippen LogP contribution in [0.1, 0.15) is 38.5 Å². The molecule has 1 saturated carbocycles. The van der Waals surface area contributed by atoms with Gasteiger partial charge in [-0.25, -0.2) is 4.79 Å². The molecule has 2 aliphatic heterocycles. The summed E-state index contributed by atoms with van der Waals surface area (Å²) in [6.07, 6.45) is 8.21. The van der Waals surface area contributed by atoms with E-state index in [4.69, 9.17) is 9.26 Å². The summed E-state index contributed by atoms with van der Waals surface area (Å²) >= 11 is 0. The van der Waals surface area contributed by atoms with E-state index in [1.54, 1.807) is 7.11 Å². The second kappa shape index (κ2) is 11.3. The van der Waals surface area contributed by atoms with E-state index in [0.717, 1.165) is 30.3 Å². The third-order valence-electron chi connectivity index (χ3n) is 7.75. The number of nitrogens with one attached hydrogen (secondary N) is 1. The molecule has 2 aromatic rings. The summed E-state index contributed by atoms with van der Waals surface area (Å²) in [5, 5.41) is 7.31. The number of ether oxygens (including phenoxy) is 1. The molecule has 0 spiro atoms. The Balaban J connectivity index is 1.03. The fourth-order valence-corrected chi connectivity index (χ4v) is 5.63. The van der Waals surface area contributed by atoms with Crippen LogP contribution in [0.5, 0.6) is 5.75 Å². The van der Waals surface area contributed by atoms with Crippen molar-refractivity contribution in [3.8, 4) is 17.1 Å². The van der Waals surface area contributed by atoms with Crippen molar-refractivity contribution in [2.75, 3.05) is 64.4 Å². The topological polar surface area (TPSA) is 87.0 Å². The number of carbonyl (C=O) groups excluding carboxylic acids is 1. The van der Waals surface area contributed by atoms with Crippen molar-refractivity contribution in [1.29, 1.82) is 0 Å². The van der Waals surface area contributed by atoms with Crippen molar-refractivity contribution in [3.05, 3.63) is 24.3 Å². The van der Waals surface area contributed by atoms with Gasteiger partial charge in [0, 0.05) is 51.4 Å². The lowest BCUT2D eigenvalue weighted by atomic mass is 9.89. The molecule has 0 radical (unpaired) electrons. The molecule has 1 unspecified atom stereocenters. The summed E-state index contributed by atoms with van der Waals surface area (Å²) in [5.74, 6) is 2.80. The Morgan fingerprint density at radius 1 is 1.03 bits per heavy atom. The minimum absolute atomic E-state index is 0.0415. The fourth-order valence-electron chi connectivity index (χ4n) is 5.63. The molecule has 0 bridgehead atoms. The van der Waals surface area contributed by atoms with Crippen LogP contribution in [0.2, 0.25) is 0 Å². The SMILES string of the molecule is COc1ccc(-c2noc(N3CCN(C(=O)NCC4CCN(CC5CCCCC5)C4)CC3)n2)cc1. The molecular formula is C26H38N6O3. The number of nitrogens with zero attached hydrogens (tertiary/aromatic N) is 5. The molecule has 3 heterocycles. The highest BCUT2D eigenvalue weighted by molar-refractivity contribution is 5.74. The standard InChI is InChI=1S/C26H38N6O3/c1-34-23-9-7-22(8-10-23)24-28-26(35-29-24)32-15-13-31(14-16-32)25(33)27-17-21-11-12-30(19-21)18-20-5-3-2-4-6-20/h7-10,20-21H,2-6,11-19H2,1H3,(H,27,33). The Labute approximate surface area is 207 Å². The molecular weight excluding hydrogens is 444 g/mol. The van der Waals surface area contributed by atoms with Gasteiger partial charge >= 0.3 is 12.0 Å². The van der Waals surface area contributed by atoms with Crippen LogP contribution in [0.4, 0.5) is 10.8 Å². The Hall–Kier alpha value is -2.81. The normalized spacial score (nSPS) is 21.9. The van der Waals surface area contributed by atoms with Crippen molar-refractivity contribution in [3.63, 3.8) is 0 Å². The van der Waals surface area contributed by atoms with Crippen LogP contribution in [0, 0.1) is 11.8 Å². The number of rotatable bonds is 7. The molecule has 1 aromatic carbocycles. The number of carbonyl (C=O) groups is 1. The van der Waals surface area contributed by atoms with Crippen LogP contribution < -0.4 is 15.0 Å². The van der Waals surface area contributed by atoms with Crippen molar-refractivity contribution in [1.82, 2.24) is 25.3 Å². The Bertz CT molecular complexity index is 950. The zero-order valence-electron chi connectivity index (χ0n) is 20.8. The number of hydrogen-bond acceptors (Lipinski definition) is 7. The molecule has 3 fully saturated rings. The van der Waals surface area contributed by atoms with Gasteiger partial charge in [0.05, 0.1) is 7.11 Å². The van der Waals surface area contributed by atoms with Gasteiger partial charge in [-0.1, -0.05) is 24.4 Å². The van der Waals surface area contributed by atoms with E-state index in [-0.39, 0.29) is 6.03 Å². The van der Waals surface area contributed by atoms with Crippen molar-refractivity contribution >= 4 is 12.0 Å². The van der Waals surface area contributed by atoms with E-state index in [1.165, 1.54) is 51.6 Å². The van der Waals surface area contributed by atoms with Crippen LogP contribution >= 0.6 is 0 Å². The first-order valence-corrected chi connectivity index (χ1v) is 13.2. The first-order chi connectivity index (χ1) is 17.2. The molecule has 1 aliphatic carbocycles. The summed E-state index contributed by atoms with van der Waals surface area (Å²) in [7, 11) is 1.64. The predicted octanol–water partition coefficient (Wildman–Crippen LogP) is 3.48. The number of amides is 2. The highest BCUT2D eigenvalue weighted by Gasteiger charge is 2.28. The van der Waals surface area contributed by atoms with Crippen LogP contribution in [-0.2, 0) is 0 Å². The summed E-state index contributed by atoms with van der Waals surface area (Å²) in [6.45, 7) is 6.97. The zero-order chi connectivity index (χ0) is 24.0. The van der Waals surface area contributed by atoms with E-state index in [1.807, 2.05) is 34.1 Å². The average molecular weight is 483 g/mol. The van der Waals surface area contributed by atoms with E-state index >= 15 is 0 Å². The number of aromatic nitrogens is 2. The lowest BCUT2D eigenvalue weighted by Crippen LogP contribution is -2.52. The molecule has 1 N–H and O–H groups in total. The van der Waals surface area contributed by atoms with Gasteiger partial charge in [0.1, 0.15) is 5.75 Å². The first kappa shape index (κ1) is 23.9. The van der Waals surface area contributed by atoms with Crippen LogP contribution in [-0.4, -0.2) is 85.4 Å². The number of piperazine rings is 1. The third kappa shape index (κ3) is 6.07. The molecule has 190 valence electrons. The summed E-state index contributed by atoms with van der Waals surface area (Å²) in [4.78, 5) is 23.9. The van der Waals surface area contributed by atoms with Gasteiger partial charge in [0.25, 0.3) is 0 Å². The second-order valence-corrected chi connectivity index (χ2v) is 10.2. The van der Waals surface area contributed by atoms with Crippen molar-refractivity contribution in [2.24, 2.45) is 11.8 Å². The molecule has 9 heteroatoms. The maximum atomic E-state index is 12.8. The quantitative estimate of drug-likeness (QED) is 0.647. The Morgan fingerprint density at radius 2 is 1.80 bits per heavy atom. The lowest BCUT2D eigenvalue weighted by Gasteiger charge is -2.33. The maximum absolute atomic E-state index is 12.8. The first-order valence-electron chi connectivity index (χ1n) is 13.2. The Morgan fingerprint density at radius 3 is 2.54 bits per heavy atom. The van der Waals surface area contributed by atoms with Crippen LogP contribution in [0.15, 0.2) is 28.8 Å². The lowest BCUT2D eigenvalue weighted by molar-refractivity contribution is 0.190. The van der Waals surface area contributed by atoms with Gasteiger partial charge in [-0.15, -0.1) is 0 Å². The fraction of sp³-hybridized carbons (Fsp3) is 0.654. The van der Waals surface area contributed by atoms with E-state index in [0.29, 0.717) is 43.9 Å². The minimum atomic E-state index is 0.0415. The highest BCUT2D eigenvalue weighted by Crippen LogP contribution is 2.27. The third-order valence-corrected chi connectivity index (χ3v) is 7.75.